The molecule has 0 bridgehead atoms. The summed E-state index contributed by atoms with van der Waals surface area (Å²) in [6.45, 7) is 9.00. The number of hydrogen-bond acceptors (Lipinski definition) is 3. The van der Waals surface area contributed by atoms with Crippen LogP contribution in [0.5, 0.6) is 0 Å². The number of aliphatic hydroxyl groups excluding tert-OH is 1. The van der Waals surface area contributed by atoms with E-state index in [2.05, 4.69) is 31.1 Å². The van der Waals surface area contributed by atoms with E-state index in [9.17, 15) is 0 Å². The number of nitrogens with zero attached hydrogens (tertiary/aromatic N) is 1. The van der Waals surface area contributed by atoms with E-state index < -0.39 is 0 Å². The predicted molar refractivity (Wildman–Crippen MR) is 56.9 cm³/mol. The van der Waals surface area contributed by atoms with Gasteiger partial charge < -0.3 is 15.3 Å². The van der Waals surface area contributed by atoms with Crippen molar-refractivity contribution in [2.45, 2.75) is 39.3 Å². The van der Waals surface area contributed by atoms with Crippen molar-refractivity contribution in [1.82, 2.24) is 10.2 Å². The molecule has 0 aliphatic rings. The lowest BCUT2D eigenvalue weighted by atomic mass is 10.3. The second-order valence-corrected chi connectivity index (χ2v) is 3.98. The summed E-state index contributed by atoms with van der Waals surface area (Å²) < 4.78 is 0. The van der Waals surface area contributed by atoms with Crippen molar-refractivity contribution in [3.8, 4) is 0 Å². The Bertz CT molecular complexity index is 115. The van der Waals surface area contributed by atoms with E-state index in [1.165, 1.54) is 0 Å². The second-order valence-electron chi connectivity index (χ2n) is 3.98. The molecule has 0 fully saturated rings. The van der Waals surface area contributed by atoms with Crippen molar-refractivity contribution < 1.29 is 5.11 Å². The van der Waals surface area contributed by atoms with Gasteiger partial charge in [-0.25, -0.2) is 0 Å². The third kappa shape index (κ3) is 8.22. The van der Waals surface area contributed by atoms with Crippen LogP contribution in [0.15, 0.2) is 0 Å². The average Bonchev–Trinajstić information content (AvgIpc) is 2.02. The monoisotopic (exact) mass is 188 g/mol. The molecule has 0 aliphatic carbocycles. The highest BCUT2D eigenvalue weighted by Gasteiger charge is 2.01. The minimum absolute atomic E-state index is 0.233. The number of nitrogens with one attached hydrogen (secondary N) is 1. The third-order valence-corrected chi connectivity index (χ3v) is 2.19. The Morgan fingerprint density at radius 3 is 2.38 bits per heavy atom. The maximum absolute atomic E-state index is 8.98. The smallest absolute Gasteiger partial charge is 0.0636 e. The van der Waals surface area contributed by atoms with Crippen LogP contribution in [0.3, 0.4) is 0 Å². The molecule has 0 aromatic rings. The predicted octanol–water partition coefficient (Wildman–Crippen LogP) is 0.687. The fraction of sp³-hybridized carbons (Fsp3) is 1.00. The highest BCUT2D eigenvalue weighted by Crippen LogP contribution is 1.93. The van der Waals surface area contributed by atoms with Crippen LogP contribution < -0.4 is 5.32 Å². The minimum atomic E-state index is -0.233. The van der Waals surface area contributed by atoms with E-state index in [1.54, 1.807) is 6.92 Å². The van der Waals surface area contributed by atoms with Crippen LogP contribution in [0.2, 0.25) is 0 Å². The zero-order valence-electron chi connectivity index (χ0n) is 9.38. The first kappa shape index (κ1) is 12.9. The van der Waals surface area contributed by atoms with Crippen LogP contribution in [0.4, 0.5) is 0 Å². The topological polar surface area (TPSA) is 35.5 Å². The first-order valence-electron chi connectivity index (χ1n) is 5.13. The number of aliphatic hydroxyl groups is 1. The molecule has 0 heterocycles. The molecule has 3 heteroatoms. The summed E-state index contributed by atoms with van der Waals surface area (Å²) in [5.74, 6) is 0. The van der Waals surface area contributed by atoms with Gasteiger partial charge in [0.1, 0.15) is 0 Å². The Labute approximate surface area is 82.1 Å². The van der Waals surface area contributed by atoms with Crippen molar-refractivity contribution in [3.05, 3.63) is 0 Å². The van der Waals surface area contributed by atoms with Gasteiger partial charge in [-0.2, -0.15) is 0 Å². The van der Waals surface area contributed by atoms with E-state index in [0.29, 0.717) is 12.6 Å². The van der Waals surface area contributed by atoms with Gasteiger partial charge in [0, 0.05) is 12.6 Å². The zero-order chi connectivity index (χ0) is 10.3. The van der Waals surface area contributed by atoms with E-state index in [4.69, 9.17) is 5.11 Å². The van der Waals surface area contributed by atoms with Crippen molar-refractivity contribution in [1.29, 1.82) is 0 Å². The Hall–Kier alpha value is -0.120. The molecule has 0 radical (unpaired) electrons. The first-order chi connectivity index (χ1) is 6.04. The summed E-state index contributed by atoms with van der Waals surface area (Å²) >= 11 is 0. The molecule has 2 N–H and O–H groups in total. The Kier molecular flexibility index (Phi) is 7.23. The van der Waals surface area contributed by atoms with Crippen molar-refractivity contribution in [2.24, 2.45) is 0 Å². The summed E-state index contributed by atoms with van der Waals surface area (Å²) in [7, 11) is 2.14. The summed E-state index contributed by atoms with van der Waals surface area (Å²) in [6, 6.07) is 0.622. The number of rotatable bonds is 7. The van der Waals surface area contributed by atoms with Crippen LogP contribution in [0, 0.1) is 0 Å². The molecule has 1 unspecified atom stereocenters. The largest absolute Gasteiger partial charge is 0.392 e. The molecule has 0 aromatic carbocycles. The normalized spacial score (nSPS) is 14.1. The minimum Gasteiger partial charge on any atom is -0.392 e. The second kappa shape index (κ2) is 7.30. The van der Waals surface area contributed by atoms with Crippen molar-refractivity contribution in [2.75, 3.05) is 26.7 Å². The van der Waals surface area contributed by atoms with Gasteiger partial charge in [-0.3, -0.25) is 0 Å². The molecule has 0 amide bonds. The van der Waals surface area contributed by atoms with E-state index in [-0.39, 0.29) is 6.10 Å². The Morgan fingerprint density at radius 1 is 1.31 bits per heavy atom. The molecule has 80 valence electrons. The van der Waals surface area contributed by atoms with E-state index in [1.807, 2.05) is 0 Å². The van der Waals surface area contributed by atoms with Gasteiger partial charge in [-0.15, -0.1) is 0 Å². The first-order valence-corrected chi connectivity index (χ1v) is 5.13. The molecule has 0 saturated heterocycles. The van der Waals surface area contributed by atoms with E-state index >= 15 is 0 Å². The Morgan fingerprint density at radius 2 is 1.92 bits per heavy atom. The fourth-order valence-corrected chi connectivity index (χ4v) is 1.02. The molecule has 0 saturated carbocycles. The van der Waals surface area contributed by atoms with Gasteiger partial charge in [-0.1, -0.05) is 0 Å². The van der Waals surface area contributed by atoms with Gasteiger partial charge in [0.2, 0.25) is 0 Å². The van der Waals surface area contributed by atoms with Crippen LogP contribution in [-0.4, -0.2) is 48.8 Å². The lowest BCUT2D eigenvalue weighted by Gasteiger charge is -2.20. The molecular weight excluding hydrogens is 164 g/mol. The molecule has 1 atom stereocenters. The van der Waals surface area contributed by atoms with E-state index in [0.717, 1.165) is 19.5 Å². The van der Waals surface area contributed by atoms with Crippen molar-refractivity contribution in [3.63, 3.8) is 0 Å². The molecule has 0 aliphatic heterocycles. The fourth-order valence-electron chi connectivity index (χ4n) is 1.02. The van der Waals surface area contributed by atoms with Gasteiger partial charge in [-0.05, 0) is 47.3 Å². The van der Waals surface area contributed by atoms with Gasteiger partial charge in [0.05, 0.1) is 6.10 Å². The molecule has 13 heavy (non-hydrogen) atoms. The molecule has 0 aromatic heterocycles. The van der Waals surface area contributed by atoms with Crippen LogP contribution >= 0.6 is 0 Å². The van der Waals surface area contributed by atoms with Crippen LogP contribution in [0.25, 0.3) is 0 Å². The molecule has 0 spiro atoms. The summed E-state index contributed by atoms with van der Waals surface area (Å²) in [6.07, 6.45) is 0.907. The standard InChI is InChI=1S/C10H24N2O/c1-9(2)12(4)7-5-6-11-8-10(3)13/h9-11,13H,5-8H2,1-4H3. The lowest BCUT2D eigenvalue weighted by Crippen LogP contribution is -2.31. The molecule has 3 nitrogen and oxygen atoms in total. The van der Waals surface area contributed by atoms with Gasteiger partial charge in [0.15, 0.2) is 0 Å². The SMILES string of the molecule is CC(O)CNCCCN(C)C(C)C. The quantitative estimate of drug-likeness (QED) is 0.577. The maximum atomic E-state index is 8.98. The van der Waals surface area contributed by atoms with Gasteiger partial charge in [0.25, 0.3) is 0 Å². The van der Waals surface area contributed by atoms with Gasteiger partial charge >= 0.3 is 0 Å². The van der Waals surface area contributed by atoms with Crippen LogP contribution in [-0.2, 0) is 0 Å². The highest BCUT2D eigenvalue weighted by molar-refractivity contribution is 4.59. The maximum Gasteiger partial charge on any atom is 0.0636 e. The highest BCUT2D eigenvalue weighted by atomic mass is 16.3. The third-order valence-electron chi connectivity index (χ3n) is 2.19. The van der Waals surface area contributed by atoms with Crippen molar-refractivity contribution >= 4 is 0 Å². The average molecular weight is 188 g/mol. The lowest BCUT2D eigenvalue weighted by molar-refractivity contribution is 0.190. The Balaban J connectivity index is 3.16. The summed E-state index contributed by atoms with van der Waals surface area (Å²) in [4.78, 5) is 2.32. The zero-order valence-corrected chi connectivity index (χ0v) is 9.38. The molecule has 0 rings (SSSR count). The summed E-state index contributed by atoms with van der Waals surface area (Å²) in [5, 5.41) is 12.2. The number of hydrogen-bond donors (Lipinski definition) is 2. The molecular formula is C10H24N2O. The summed E-state index contributed by atoms with van der Waals surface area (Å²) in [5.41, 5.74) is 0. The van der Waals surface area contributed by atoms with Crippen LogP contribution in [0.1, 0.15) is 27.2 Å².